The number of benzene rings is 1. The van der Waals surface area contributed by atoms with Crippen LogP contribution in [-0.4, -0.2) is 35.6 Å². The number of hydrogen-bond acceptors (Lipinski definition) is 7. The SMILES string of the molecule is COC(=O)c1nc(C2CC2)nc(NCC(=O)OCc2ccccc2)c1Cl. The number of halogens is 1. The molecule has 0 saturated heterocycles. The minimum absolute atomic E-state index is 0.00813. The Morgan fingerprint density at radius 2 is 1.96 bits per heavy atom. The Kier molecular flexibility index (Phi) is 5.68. The minimum atomic E-state index is -0.644. The molecule has 1 heterocycles. The van der Waals surface area contributed by atoms with Gasteiger partial charge in [-0.05, 0) is 18.4 Å². The van der Waals surface area contributed by atoms with E-state index in [0.717, 1.165) is 18.4 Å². The Balaban J connectivity index is 1.65. The summed E-state index contributed by atoms with van der Waals surface area (Å²) in [4.78, 5) is 32.3. The highest BCUT2D eigenvalue weighted by Gasteiger charge is 2.30. The number of carbonyl (C=O) groups excluding carboxylic acids is 2. The number of esters is 2. The Labute approximate surface area is 155 Å². The lowest BCUT2D eigenvalue weighted by molar-refractivity contribution is -0.142. The Bertz CT molecular complexity index is 810. The van der Waals surface area contributed by atoms with Crippen LogP contribution in [-0.2, 0) is 20.9 Å². The van der Waals surface area contributed by atoms with Gasteiger partial charge in [-0.3, -0.25) is 4.79 Å². The molecule has 1 aliphatic rings. The topological polar surface area (TPSA) is 90.4 Å². The lowest BCUT2D eigenvalue weighted by atomic mass is 10.2. The maximum Gasteiger partial charge on any atom is 0.358 e. The molecular formula is C18H18ClN3O4. The predicted molar refractivity (Wildman–Crippen MR) is 95.1 cm³/mol. The minimum Gasteiger partial charge on any atom is -0.464 e. The summed E-state index contributed by atoms with van der Waals surface area (Å²) >= 11 is 6.20. The van der Waals surface area contributed by atoms with Crippen LogP contribution in [0.25, 0.3) is 0 Å². The fraction of sp³-hybridized carbons (Fsp3) is 0.333. The van der Waals surface area contributed by atoms with Gasteiger partial charge < -0.3 is 14.8 Å². The molecule has 0 bridgehead atoms. The molecule has 3 rings (SSSR count). The first-order valence-corrected chi connectivity index (χ1v) is 8.55. The average molecular weight is 376 g/mol. The second-order valence-corrected chi connectivity index (χ2v) is 6.24. The third-order valence-corrected chi connectivity index (χ3v) is 4.19. The van der Waals surface area contributed by atoms with Gasteiger partial charge in [0.05, 0.1) is 7.11 Å². The van der Waals surface area contributed by atoms with Gasteiger partial charge in [-0.25, -0.2) is 14.8 Å². The molecule has 0 unspecified atom stereocenters. The van der Waals surface area contributed by atoms with Crippen molar-refractivity contribution in [3.05, 3.63) is 52.4 Å². The fourth-order valence-electron chi connectivity index (χ4n) is 2.28. The van der Waals surface area contributed by atoms with E-state index in [4.69, 9.17) is 21.1 Å². The van der Waals surface area contributed by atoms with E-state index in [-0.39, 0.29) is 35.6 Å². The summed E-state index contributed by atoms with van der Waals surface area (Å²) in [6.45, 7) is 0.0495. The van der Waals surface area contributed by atoms with Crippen LogP contribution in [0.15, 0.2) is 30.3 Å². The van der Waals surface area contributed by atoms with E-state index in [9.17, 15) is 9.59 Å². The highest BCUT2D eigenvalue weighted by atomic mass is 35.5. The summed E-state index contributed by atoms with van der Waals surface area (Å²) in [5.74, 6) is -0.151. The number of ether oxygens (including phenoxy) is 2. The Morgan fingerprint density at radius 1 is 1.23 bits per heavy atom. The predicted octanol–water partition coefficient (Wildman–Crippen LogP) is 2.95. The molecule has 1 aromatic carbocycles. The maximum absolute atomic E-state index is 11.9. The molecule has 0 radical (unpaired) electrons. The van der Waals surface area contributed by atoms with Crippen molar-refractivity contribution in [1.29, 1.82) is 0 Å². The summed E-state index contributed by atoms with van der Waals surface area (Å²) in [5.41, 5.74) is 0.885. The highest BCUT2D eigenvalue weighted by molar-refractivity contribution is 6.35. The summed E-state index contributed by atoms with van der Waals surface area (Å²) in [6.07, 6.45) is 1.92. The first-order chi connectivity index (χ1) is 12.6. The van der Waals surface area contributed by atoms with Gasteiger partial charge in [0, 0.05) is 5.92 Å². The second-order valence-electron chi connectivity index (χ2n) is 5.86. The molecule has 1 aromatic heterocycles. The first kappa shape index (κ1) is 18.1. The number of nitrogens with zero attached hydrogens (tertiary/aromatic N) is 2. The van der Waals surface area contributed by atoms with Crippen LogP contribution in [0, 0.1) is 0 Å². The number of hydrogen-bond donors (Lipinski definition) is 1. The number of rotatable bonds is 7. The van der Waals surface area contributed by atoms with Crippen molar-refractivity contribution in [2.75, 3.05) is 19.0 Å². The van der Waals surface area contributed by atoms with Crippen LogP contribution in [0.4, 0.5) is 5.82 Å². The normalized spacial score (nSPS) is 13.2. The van der Waals surface area contributed by atoms with Crippen molar-refractivity contribution in [1.82, 2.24) is 9.97 Å². The van der Waals surface area contributed by atoms with Gasteiger partial charge in [0.1, 0.15) is 29.8 Å². The number of aromatic nitrogens is 2. The molecule has 0 amide bonds. The molecule has 1 fully saturated rings. The molecular weight excluding hydrogens is 358 g/mol. The summed E-state index contributed by atoms with van der Waals surface area (Å²) < 4.78 is 9.91. The lowest BCUT2D eigenvalue weighted by Crippen LogP contribution is -2.19. The Hall–Kier alpha value is -2.67. The van der Waals surface area contributed by atoms with E-state index in [0.29, 0.717) is 5.82 Å². The number of methoxy groups -OCH3 is 1. The van der Waals surface area contributed by atoms with Crippen molar-refractivity contribution < 1.29 is 19.1 Å². The van der Waals surface area contributed by atoms with Crippen LogP contribution >= 0.6 is 11.6 Å². The number of nitrogens with one attached hydrogen (secondary N) is 1. The standard InChI is InChI=1S/C18H18ClN3O4/c1-25-18(24)15-14(19)17(22-16(21-15)12-7-8-12)20-9-13(23)26-10-11-5-3-2-4-6-11/h2-6,12H,7-10H2,1H3,(H,20,21,22). The van der Waals surface area contributed by atoms with Crippen LogP contribution in [0.3, 0.4) is 0 Å². The average Bonchev–Trinajstić information content (AvgIpc) is 3.51. The molecule has 136 valence electrons. The summed E-state index contributed by atoms with van der Waals surface area (Å²) in [7, 11) is 1.26. The summed E-state index contributed by atoms with van der Waals surface area (Å²) in [6, 6.07) is 9.37. The quantitative estimate of drug-likeness (QED) is 0.744. The third kappa shape index (κ3) is 4.49. The number of carbonyl (C=O) groups is 2. The van der Waals surface area contributed by atoms with E-state index in [2.05, 4.69) is 15.3 Å². The maximum atomic E-state index is 11.9. The molecule has 0 atom stereocenters. The zero-order valence-corrected chi connectivity index (χ0v) is 15.0. The van der Waals surface area contributed by atoms with Crippen molar-refractivity contribution >= 4 is 29.4 Å². The monoisotopic (exact) mass is 375 g/mol. The Morgan fingerprint density at radius 3 is 2.62 bits per heavy atom. The molecule has 1 N–H and O–H groups in total. The summed E-state index contributed by atoms with van der Waals surface area (Å²) in [5, 5.41) is 2.85. The van der Waals surface area contributed by atoms with Gasteiger partial charge in [0.25, 0.3) is 0 Å². The fourth-order valence-corrected chi connectivity index (χ4v) is 2.51. The van der Waals surface area contributed by atoms with E-state index < -0.39 is 11.9 Å². The zero-order valence-electron chi connectivity index (χ0n) is 14.2. The van der Waals surface area contributed by atoms with Crippen LogP contribution < -0.4 is 5.32 Å². The van der Waals surface area contributed by atoms with E-state index in [1.165, 1.54) is 7.11 Å². The molecule has 7 nitrogen and oxygen atoms in total. The van der Waals surface area contributed by atoms with Crippen molar-refractivity contribution in [3.63, 3.8) is 0 Å². The molecule has 1 saturated carbocycles. The molecule has 26 heavy (non-hydrogen) atoms. The first-order valence-electron chi connectivity index (χ1n) is 8.17. The van der Waals surface area contributed by atoms with Crippen LogP contribution in [0.1, 0.15) is 40.6 Å². The third-order valence-electron chi connectivity index (χ3n) is 3.83. The molecule has 0 spiro atoms. The molecule has 8 heteroatoms. The van der Waals surface area contributed by atoms with Crippen molar-refractivity contribution in [2.24, 2.45) is 0 Å². The van der Waals surface area contributed by atoms with Gasteiger partial charge >= 0.3 is 11.9 Å². The number of anilines is 1. The molecule has 0 aliphatic heterocycles. The van der Waals surface area contributed by atoms with Gasteiger partial charge in [-0.15, -0.1) is 0 Å². The van der Waals surface area contributed by atoms with E-state index in [1.807, 2.05) is 30.3 Å². The van der Waals surface area contributed by atoms with E-state index >= 15 is 0 Å². The van der Waals surface area contributed by atoms with Crippen molar-refractivity contribution in [2.45, 2.75) is 25.4 Å². The second kappa shape index (κ2) is 8.14. The zero-order chi connectivity index (χ0) is 18.5. The smallest absolute Gasteiger partial charge is 0.358 e. The highest BCUT2D eigenvalue weighted by Crippen LogP contribution is 2.39. The van der Waals surface area contributed by atoms with Crippen LogP contribution in [0.2, 0.25) is 5.02 Å². The van der Waals surface area contributed by atoms with E-state index in [1.54, 1.807) is 0 Å². The van der Waals surface area contributed by atoms with Crippen molar-refractivity contribution in [3.8, 4) is 0 Å². The largest absolute Gasteiger partial charge is 0.464 e. The molecule has 1 aliphatic carbocycles. The van der Waals surface area contributed by atoms with Gasteiger partial charge in [-0.2, -0.15) is 0 Å². The van der Waals surface area contributed by atoms with Gasteiger partial charge in [0.2, 0.25) is 0 Å². The van der Waals surface area contributed by atoms with Gasteiger partial charge in [0.15, 0.2) is 5.69 Å². The van der Waals surface area contributed by atoms with Crippen LogP contribution in [0.5, 0.6) is 0 Å². The van der Waals surface area contributed by atoms with Gasteiger partial charge in [-0.1, -0.05) is 41.9 Å². The lowest BCUT2D eigenvalue weighted by Gasteiger charge is -2.11. The molecule has 2 aromatic rings.